The normalized spacial score (nSPS) is 12.7. The van der Waals surface area contributed by atoms with E-state index in [0.717, 1.165) is 17.0 Å². The average Bonchev–Trinajstić information content (AvgIpc) is 2.79. The number of aromatic nitrogens is 1. The molecule has 2 aromatic rings. The van der Waals surface area contributed by atoms with Gasteiger partial charge in [-0.3, -0.25) is 0 Å². The number of hydrogen-bond acceptors (Lipinski definition) is 3. The lowest BCUT2D eigenvalue weighted by molar-refractivity contribution is 0.386. The minimum atomic E-state index is 0.0271. The fourth-order valence-electron chi connectivity index (χ4n) is 1.74. The van der Waals surface area contributed by atoms with Gasteiger partial charge in [-0.05, 0) is 25.5 Å². The molecule has 1 aromatic carbocycles. The van der Waals surface area contributed by atoms with Crippen molar-refractivity contribution in [2.45, 2.75) is 26.4 Å². The monoisotopic (exact) mass is 318 g/mol. The molecule has 0 amide bonds. The zero-order chi connectivity index (χ0) is 14.0. The maximum atomic E-state index is 6.19. The summed E-state index contributed by atoms with van der Waals surface area (Å²) in [5.74, 6) is 0.789. The fraction of sp³-hybridized carbons (Fsp3) is 0.308. The Kier molecular flexibility index (Phi) is 4.74. The molecule has 0 saturated carbocycles. The smallest absolute Gasteiger partial charge is 0.133 e. The van der Waals surface area contributed by atoms with Gasteiger partial charge in [0.1, 0.15) is 5.76 Å². The van der Waals surface area contributed by atoms with Gasteiger partial charge in [-0.2, -0.15) is 0 Å². The van der Waals surface area contributed by atoms with Gasteiger partial charge in [0.05, 0.1) is 20.8 Å². The van der Waals surface area contributed by atoms with Crippen molar-refractivity contribution >= 4 is 34.8 Å². The largest absolute Gasteiger partial charge is 0.361 e. The van der Waals surface area contributed by atoms with Crippen LogP contribution in [-0.2, 0) is 6.54 Å². The van der Waals surface area contributed by atoms with Crippen molar-refractivity contribution in [3.05, 3.63) is 50.3 Å². The molecule has 1 atom stereocenters. The molecule has 1 N–H and O–H groups in total. The van der Waals surface area contributed by atoms with E-state index in [1.165, 1.54) is 0 Å². The van der Waals surface area contributed by atoms with Gasteiger partial charge in [-0.25, -0.2) is 0 Å². The van der Waals surface area contributed by atoms with Crippen molar-refractivity contribution < 1.29 is 4.52 Å². The Morgan fingerprint density at radius 1 is 1.26 bits per heavy atom. The molecule has 1 aromatic heterocycles. The van der Waals surface area contributed by atoms with Gasteiger partial charge in [-0.15, -0.1) is 0 Å². The van der Waals surface area contributed by atoms with Crippen LogP contribution in [0.3, 0.4) is 0 Å². The predicted octanol–water partition coefficient (Wildman–Crippen LogP) is 4.79. The Bertz CT molecular complexity index is 583. The molecule has 6 heteroatoms. The Morgan fingerprint density at radius 2 is 2.00 bits per heavy atom. The van der Waals surface area contributed by atoms with Crippen LogP contribution in [0.2, 0.25) is 15.1 Å². The Hall–Kier alpha value is -0.740. The van der Waals surface area contributed by atoms with Crippen LogP contribution in [0.4, 0.5) is 0 Å². The van der Waals surface area contributed by atoms with Gasteiger partial charge in [-0.1, -0.05) is 46.0 Å². The number of halogens is 3. The molecule has 102 valence electrons. The second kappa shape index (κ2) is 6.14. The Labute approximate surface area is 126 Å². The van der Waals surface area contributed by atoms with Gasteiger partial charge in [0, 0.05) is 18.7 Å². The third-order valence-electron chi connectivity index (χ3n) is 2.80. The van der Waals surface area contributed by atoms with E-state index in [4.69, 9.17) is 39.3 Å². The maximum Gasteiger partial charge on any atom is 0.133 e. The van der Waals surface area contributed by atoms with Gasteiger partial charge in [0.25, 0.3) is 0 Å². The van der Waals surface area contributed by atoms with E-state index in [1.807, 2.05) is 26.0 Å². The van der Waals surface area contributed by atoms with E-state index < -0.39 is 0 Å². The van der Waals surface area contributed by atoms with Crippen LogP contribution in [0.25, 0.3) is 0 Å². The molecule has 2 rings (SSSR count). The summed E-state index contributed by atoms with van der Waals surface area (Å²) in [5, 5.41) is 8.54. The highest BCUT2D eigenvalue weighted by Crippen LogP contribution is 2.35. The maximum absolute atomic E-state index is 6.19. The second-order valence-electron chi connectivity index (χ2n) is 4.30. The molecule has 0 saturated heterocycles. The molecule has 0 bridgehead atoms. The van der Waals surface area contributed by atoms with Gasteiger partial charge in [0.2, 0.25) is 0 Å². The lowest BCUT2D eigenvalue weighted by atomic mass is 10.1. The van der Waals surface area contributed by atoms with E-state index in [9.17, 15) is 0 Å². The number of hydrogen-bond donors (Lipinski definition) is 1. The Morgan fingerprint density at radius 3 is 2.63 bits per heavy atom. The molecular formula is C13H13Cl3N2O. The topological polar surface area (TPSA) is 38.1 Å². The lowest BCUT2D eigenvalue weighted by Crippen LogP contribution is -2.18. The molecule has 0 fully saturated rings. The first kappa shape index (κ1) is 14.7. The third kappa shape index (κ3) is 3.42. The summed E-state index contributed by atoms with van der Waals surface area (Å²) in [6.07, 6.45) is 0. The van der Waals surface area contributed by atoms with Crippen LogP contribution in [0.15, 0.2) is 22.7 Å². The van der Waals surface area contributed by atoms with E-state index >= 15 is 0 Å². The quantitative estimate of drug-likeness (QED) is 0.823. The first-order valence-corrected chi connectivity index (χ1v) is 6.91. The summed E-state index contributed by atoms with van der Waals surface area (Å²) in [5.41, 5.74) is 1.75. The van der Waals surface area contributed by atoms with Crippen molar-refractivity contribution in [3.8, 4) is 0 Å². The SMILES string of the molecule is Cc1cc(CNC(C)c2ccc(Cl)c(Cl)c2Cl)no1. The fourth-order valence-corrected chi connectivity index (χ4v) is 2.45. The summed E-state index contributed by atoms with van der Waals surface area (Å²) in [6, 6.07) is 5.52. The molecule has 0 radical (unpaired) electrons. The first-order valence-electron chi connectivity index (χ1n) is 5.78. The van der Waals surface area contributed by atoms with E-state index in [2.05, 4.69) is 10.5 Å². The zero-order valence-corrected chi connectivity index (χ0v) is 12.8. The second-order valence-corrected chi connectivity index (χ2v) is 5.46. The molecule has 0 spiro atoms. The van der Waals surface area contributed by atoms with E-state index in [-0.39, 0.29) is 6.04 Å². The highest BCUT2D eigenvalue weighted by molar-refractivity contribution is 6.48. The number of benzene rings is 1. The molecule has 1 heterocycles. The standard InChI is InChI=1S/C13H13Cl3N2O/c1-7-5-9(18-19-7)6-17-8(2)10-3-4-11(14)13(16)12(10)15/h3-5,8,17H,6H2,1-2H3. The summed E-state index contributed by atoms with van der Waals surface area (Å²) in [6.45, 7) is 4.45. The van der Waals surface area contributed by atoms with Crippen LogP contribution in [0.5, 0.6) is 0 Å². The highest BCUT2D eigenvalue weighted by atomic mass is 35.5. The predicted molar refractivity (Wildman–Crippen MR) is 78.0 cm³/mol. The van der Waals surface area contributed by atoms with Gasteiger partial charge < -0.3 is 9.84 Å². The van der Waals surface area contributed by atoms with Crippen LogP contribution >= 0.6 is 34.8 Å². The van der Waals surface area contributed by atoms with Crippen molar-refractivity contribution in [2.24, 2.45) is 0 Å². The van der Waals surface area contributed by atoms with Gasteiger partial charge in [0.15, 0.2) is 0 Å². The molecule has 0 aliphatic carbocycles. The first-order chi connectivity index (χ1) is 8.99. The van der Waals surface area contributed by atoms with Crippen molar-refractivity contribution in [1.29, 1.82) is 0 Å². The van der Waals surface area contributed by atoms with Crippen LogP contribution in [-0.4, -0.2) is 5.16 Å². The summed E-state index contributed by atoms with van der Waals surface area (Å²) >= 11 is 18.1. The molecule has 0 aliphatic rings. The average molecular weight is 320 g/mol. The highest BCUT2D eigenvalue weighted by Gasteiger charge is 2.14. The molecule has 19 heavy (non-hydrogen) atoms. The van der Waals surface area contributed by atoms with Crippen LogP contribution in [0.1, 0.15) is 30.0 Å². The molecule has 3 nitrogen and oxygen atoms in total. The lowest BCUT2D eigenvalue weighted by Gasteiger charge is -2.16. The summed E-state index contributed by atoms with van der Waals surface area (Å²) in [7, 11) is 0. The van der Waals surface area contributed by atoms with Crippen LogP contribution in [0, 0.1) is 6.92 Å². The molecule has 0 aliphatic heterocycles. The molecular weight excluding hydrogens is 307 g/mol. The van der Waals surface area contributed by atoms with Crippen molar-refractivity contribution in [2.75, 3.05) is 0 Å². The minimum absolute atomic E-state index is 0.0271. The third-order valence-corrected chi connectivity index (χ3v) is 4.11. The Balaban J connectivity index is 2.08. The van der Waals surface area contributed by atoms with Crippen molar-refractivity contribution in [3.63, 3.8) is 0 Å². The summed E-state index contributed by atoms with van der Waals surface area (Å²) < 4.78 is 5.01. The molecule has 1 unspecified atom stereocenters. The minimum Gasteiger partial charge on any atom is -0.361 e. The number of rotatable bonds is 4. The summed E-state index contributed by atoms with van der Waals surface area (Å²) in [4.78, 5) is 0. The van der Waals surface area contributed by atoms with Gasteiger partial charge >= 0.3 is 0 Å². The van der Waals surface area contributed by atoms with Crippen LogP contribution < -0.4 is 5.32 Å². The number of nitrogens with zero attached hydrogens (tertiary/aromatic N) is 1. The number of nitrogens with one attached hydrogen (secondary N) is 1. The van der Waals surface area contributed by atoms with E-state index in [1.54, 1.807) is 6.07 Å². The van der Waals surface area contributed by atoms with Crippen molar-refractivity contribution in [1.82, 2.24) is 10.5 Å². The van der Waals surface area contributed by atoms with E-state index in [0.29, 0.717) is 21.6 Å². The zero-order valence-electron chi connectivity index (χ0n) is 10.5. The number of aryl methyl sites for hydroxylation is 1.